The van der Waals surface area contributed by atoms with E-state index in [2.05, 4.69) is 14.7 Å². The molecule has 9 heteroatoms. The van der Waals surface area contributed by atoms with E-state index in [0.29, 0.717) is 21.1 Å². The maximum atomic E-state index is 12.3. The minimum Gasteiger partial charge on any atom is -0.504 e. The molecule has 1 aromatic heterocycles. The van der Waals surface area contributed by atoms with Gasteiger partial charge in [0.05, 0.1) is 7.11 Å². The average Bonchev–Trinajstić information content (AvgIpc) is 2.99. The maximum Gasteiger partial charge on any atom is 0.268 e. The zero-order valence-corrected chi connectivity index (χ0v) is 15.4. The SMILES string of the molecule is COc1cc(/C=C(/C#N)C(=O)Nc2nc(SC(C)C)ns2)ccc1O. The van der Waals surface area contributed by atoms with Crippen LogP contribution in [0.2, 0.25) is 0 Å². The van der Waals surface area contributed by atoms with Gasteiger partial charge in [-0.2, -0.15) is 14.6 Å². The highest BCUT2D eigenvalue weighted by molar-refractivity contribution is 7.99. The number of nitrogens with one attached hydrogen (secondary N) is 1. The van der Waals surface area contributed by atoms with Crippen LogP contribution in [0.5, 0.6) is 11.5 Å². The minimum absolute atomic E-state index is 0.0216. The number of nitrogens with zero attached hydrogens (tertiary/aromatic N) is 3. The van der Waals surface area contributed by atoms with E-state index in [-0.39, 0.29) is 17.1 Å². The number of anilines is 1. The molecule has 0 bridgehead atoms. The highest BCUT2D eigenvalue weighted by Crippen LogP contribution is 2.27. The van der Waals surface area contributed by atoms with Gasteiger partial charge in [0.25, 0.3) is 5.91 Å². The minimum atomic E-state index is -0.577. The first-order valence-corrected chi connectivity index (χ1v) is 8.88. The topological polar surface area (TPSA) is 108 Å². The van der Waals surface area contributed by atoms with Crippen LogP contribution >= 0.6 is 23.3 Å². The normalized spacial score (nSPS) is 11.2. The number of ether oxygens (including phenoxy) is 1. The van der Waals surface area contributed by atoms with Gasteiger partial charge in [-0.25, -0.2) is 0 Å². The number of phenols is 1. The van der Waals surface area contributed by atoms with Gasteiger partial charge in [0.2, 0.25) is 10.3 Å². The van der Waals surface area contributed by atoms with Crippen molar-refractivity contribution in [2.24, 2.45) is 0 Å². The van der Waals surface area contributed by atoms with Crippen LogP contribution in [0.3, 0.4) is 0 Å². The van der Waals surface area contributed by atoms with Gasteiger partial charge < -0.3 is 9.84 Å². The lowest BCUT2D eigenvalue weighted by Crippen LogP contribution is -2.13. The summed E-state index contributed by atoms with van der Waals surface area (Å²) in [6.45, 7) is 4.04. The predicted octanol–water partition coefficient (Wildman–Crippen LogP) is 3.30. The second-order valence-electron chi connectivity index (χ2n) is 5.10. The first-order chi connectivity index (χ1) is 11.9. The molecular formula is C16H16N4O3S2. The molecule has 0 fully saturated rings. The lowest BCUT2D eigenvalue weighted by molar-refractivity contribution is -0.112. The quantitative estimate of drug-likeness (QED) is 0.452. The number of aromatic nitrogens is 2. The third-order valence-corrected chi connectivity index (χ3v) is 4.46. The fourth-order valence-electron chi connectivity index (χ4n) is 1.78. The van der Waals surface area contributed by atoms with E-state index < -0.39 is 5.91 Å². The molecule has 7 nitrogen and oxygen atoms in total. The summed E-state index contributed by atoms with van der Waals surface area (Å²) in [6, 6.07) is 6.39. The van der Waals surface area contributed by atoms with Crippen LogP contribution in [0.1, 0.15) is 19.4 Å². The molecule has 1 aromatic carbocycles. The summed E-state index contributed by atoms with van der Waals surface area (Å²) >= 11 is 2.55. The monoisotopic (exact) mass is 376 g/mol. The number of carbonyl (C=O) groups excluding carboxylic acids is 1. The molecule has 130 valence electrons. The number of aromatic hydroxyl groups is 1. The number of rotatable bonds is 6. The molecule has 0 aliphatic carbocycles. The van der Waals surface area contributed by atoms with Crippen molar-refractivity contribution >= 4 is 40.4 Å². The third kappa shape index (κ3) is 5.20. The number of hydrogen-bond donors (Lipinski definition) is 2. The zero-order valence-electron chi connectivity index (χ0n) is 13.8. The van der Waals surface area contributed by atoms with Crippen LogP contribution in [0.25, 0.3) is 6.08 Å². The van der Waals surface area contributed by atoms with E-state index in [1.807, 2.05) is 19.9 Å². The van der Waals surface area contributed by atoms with E-state index in [1.165, 1.54) is 37.1 Å². The second kappa shape index (κ2) is 8.50. The Hall–Kier alpha value is -2.57. The van der Waals surface area contributed by atoms with Crippen LogP contribution in [-0.4, -0.2) is 32.7 Å². The second-order valence-corrected chi connectivity index (χ2v) is 7.40. The Morgan fingerprint density at radius 1 is 1.52 bits per heavy atom. The van der Waals surface area contributed by atoms with Crippen molar-refractivity contribution in [1.82, 2.24) is 9.36 Å². The highest BCUT2D eigenvalue weighted by atomic mass is 32.2. The van der Waals surface area contributed by atoms with Crippen LogP contribution in [0, 0.1) is 11.3 Å². The molecule has 1 heterocycles. The summed E-state index contributed by atoms with van der Waals surface area (Å²) in [7, 11) is 1.42. The van der Waals surface area contributed by atoms with Crippen LogP contribution in [0.4, 0.5) is 5.13 Å². The number of carbonyl (C=O) groups is 1. The number of methoxy groups -OCH3 is 1. The molecule has 0 atom stereocenters. The van der Waals surface area contributed by atoms with Crippen LogP contribution in [0.15, 0.2) is 28.9 Å². The van der Waals surface area contributed by atoms with Crippen molar-refractivity contribution in [2.45, 2.75) is 24.3 Å². The number of nitriles is 1. The Bertz CT molecular complexity index is 840. The molecule has 0 saturated carbocycles. The molecule has 0 unspecified atom stereocenters. The van der Waals surface area contributed by atoms with Crippen LogP contribution < -0.4 is 10.1 Å². The summed E-state index contributed by atoms with van der Waals surface area (Å²) in [6.07, 6.45) is 1.40. The van der Waals surface area contributed by atoms with Gasteiger partial charge in [0.15, 0.2) is 11.5 Å². The molecule has 0 aliphatic rings. The summed E-state index contributed by atoms with van der Waals surface area (Å²) < 4.78 is 9.15. The molecule has 2 N–H and O–H groups in total. The Balaban J connectivity index is 2.15. The molecule has 0 spiro atoms. The van der Waals surface area contributed by atoms with Gasteiger partial charge in [0.1, 0.15) is 11.6 Å². The van der Waals surface area contributed by atoms with Crippen molar-refractivity contribution in [2.75, 3.05) is 12.4 Å². The molecule has 25 heavy (non-hydrogen) atoms. The lowest BCUT2D eigenvalue weighted by atomic mass is 10.1. The maximum absolute atomic E-state index is 12.3. The summed E-state index contributed by atoms with van der Waals surface area (Å²) in [4.78, 5) is 16.5. The van der Waals surface area contributed by atoms with Gasteiger partial charge in [-0.15, -0.1) is 0 Å². The number of hydrogen-bond acceptors (Lipinski definition) is 8. The van der Waals surface area contributed by atoms with Crippen molar-refractivity contribution in [1.29, 1.82) is 5.26 Å². The van der Waals surface area contributed by atoms with Crippen molar-refractivity contribution in [3.63, 3.8) is 0 Å². The van der Waals surface area contributed by atoms with E-state index in [9.17, 15) is 15.2 Å². The fourth-order valence-corrected chi connectivity index (χ4v) is 3.16. The summed E-state index contributed by atoms with van der Waals surface area (Å²) in [5.74, 6) is -0.343. The first kappa shape index (κ1) is 18.8. The fraction of sp³-hybridized carbons (Fsp3) is 0.250. The largest absolute Gasteiger partial charge is 0.504 e. The number of amides is 1. The Labute approximate surface area is 153 Å². The first-order valence-electron chi connectivity index (χ1n) is 7.23. The van der Waals surface area contributed by atoms with E-state index in [4.69, 9.17) is 4.74 Å². The molecule has 0 saturated heterocycles. The summed E-state index contributed by atoms with van der Waals surface area (Å²) in [5, 5.41) is 22.6. The molecule has 2 rings (SSSR count). The molecular weight excluding hydrogens is 360 g/mol. The average molecular weight is 376 g/mol. The Morgan fingerprint density at radius 2 is 2.28 bits per heavy atom. The Kier molecular flexibility index (Phi) is 6.38. The van der Waals surface area contributed by atoms with Gasteiger partial charge in [-0.05, 0) is 23.8 Å². The number of thioether (sulfide) groups is 1. The zero-order chi connectivity index (χ0) is 18.4. The van der Waals surface area contributed by atoms with Crippen molar-refractivity contribution in [3.05, 3.63) is 29.3 Å². The van der Waals surface area contributed by atoms with Gasteiger partial charge in [-0.1, -0.05) is 31.7 Å². The number of phenolic OH excluding ortho intramolecular Hbond substituents is 1. The van der Waals surface area contributed by atoms with Crippen LogP contribution in [-0.2, 0) is 4.79 Å². The van der Waals surface area contributed by atoms with Crippen molar-refractivity contribution in [3.8, 4) is 17.6 Å². The highest BCUT2D eigenvalue weighted by Gasteiger charge is 2.14. The third-order valence-electron chi connectivity index (χ3n) is 2.85. The van der Waals surface area contributed by atoms with Gasteiger partial charge in [-0.3, -0.25) is 10.1 Å². The molecule has 2 aromatic rings. The molecule has 0 radical (unpaired) electrons. The van der Waals surface area contributed by atoms with E-state index in [1.54, 1.807) is 6.07 Å². The molecule has 0 aliphatic heterocycles. The van der Waals surface area contributed by atoms with Crippen molar-refractivity contribution < 1.29 is 14.6 Å². The number of benzene rings is 1. The van der Waals surface area contributed by atoms with Gasteiger partial charge >= 0.3 is 0 Å². The lowest BCUT2D eigenvalue weighted by Gasteiger charge is -2.04. The van der Waals surface area contributed by atoms with E-state index >= 15 is 0 Å². The standard InChI is InChI=1S/C16H16N4O3S2/c1-9(2)24-16-19-15(25-20-16)18-14(22)11(8-17)6-10-4-5-12(21)13(7-10)23-3/h4-7,9,21H,1-3H3,(H,18,19,20,22)/b11-6-. The molecule has 1 amide bonds. The van der Waals surface area contributed by atoms with E-state index in [0.717, 1.165) is 11.5 Å². The predicted molar refractivity (Wildman–Crippen MR) is 97.8 cm³/mol. The Morgan fingerprint density at radius 3 is 2.92 bits per heavy atom. The smallest absolute Gasteiger partial charge is 0.268 e. The van der Waals surface area contributed by atoms with Gasteiger partial charge in [0, 0.05) is 16.8 Å². The summed E-state index contributed by atoms with van der Waals surface area (Å²) in [5.41, 5.74) is 0.454.